The fourth-order valence-electron chi connectivity index (χ4n) is 4.24. The van der Waals surface area contributed by atoms with Crippen molar-refractivity contribution < 1.29 is 23.8 Å². The van der Waals surface area contributed by atoms with Gasteiger partial charge in [-0.3, -0.25) is 19.4 Å². The van der Waals surface area contributed by atoms with Crippen LogP contribution in [0.1, 0.15) is 16.1 Å². The third-order valence-corrected chi connectivity index (χ3v) is 5.88. The minimum absolute atomic E-state index is 0.0856. The summed E-state index contributed by atoms with van der Waals surface area (Å²) in [7, 11) is 0. The SMILES string of the molecule is Cc1cccc(-c2nn(CC(=O)Nc3cc(F)cc(C(=O)OCCO)c3)cc2-c2ccnc3ccccc23)n1. The maximum absolute atomic E-state index is 14.1. The lowest BCUT2D eigenvalue weighted by Crippen LogP contribution is -2.19. The molecule has 0 spiro atoms. The third kappa shape index (κ3) is 5.81. The van der Waals surface area contributed by atoms with Crippen LogP contribution in [-0.4, -0.2) is 49.9 Å². The molecule has 0 fully saturated rings. The number of carbonyl (C=O) groups excluding carboxylic acids is 2. The minimum atomic E-state index is -0.810. The van der Waals surface area contributed by atoms with Crippen molar-refractivity contribution in [2.24, 2.45) is 0 Å². The van der Waals surface area contributed by atoms with Crippen molar-refractivity contribution in [1.29, 1.82) is 0 Å². The monoisotopic (exact) mass is 525 g/mol. The van der Waals surface area contributed by atoms with Gasteiger partial charge >= 0.3 is 5.97 Å². The molecule has 2 N–H and O–H groups in total. The summed E-state index contributed by atoms with van der Waals surface area (Å²) in [5.74, 6) is -2.01. The van der Waals surface area contributed by atoms with E-state index in [2.05, 4.69) is 20.4 Å². The number of nitrogens with one attached hydrogen (secondary N) is 1. The van der Waals surface area contributed by atoms with Crippen molar-refractivity contribution in [3.8, 4) is 22.5 Å². The molecule has 0 unspecified atom stereocenters. The molecule has 39 heavy (non-hydrogen) atoms. The molecule has 10 heteroatoms. The summed E-state index contributed by atoms with van der Waals surface area (Å²) in [4.78, 5) is 34.1. The van der Waals surface area contributed by atoms with Crippen molar-refractivity contribution in [3.63, 3.8) is 0 Å². The molecule has 5 rings (SSSR count). The van der Waals surface area contributed by atoms with E-state index in [4.69, 9.17) is 9.84 Å². The average Bonchev–Trinajstić information content (AvgIpc) is 3.34. The molecular weight excluding hydrogens is 501 g/mol. The molecule has 0 radical (unpaired) electrons. The van der Waals surface area contributed by atoms with Gasteiger partial charge in [0.25, 0.3) is 0 Å². The molecule has 3 heterocycles. The van der Waals surface area contributed by atoms with Crippen LogP contribution in [0.5, 0.6) is 0 Å². The smallest absolute Gasteiger partial charge is 0.338 e. The van der Waals surface area contributed by atoms with Crippen LogP contribution in [-0.2, 0) is 16.1 Å². The number of para-hydroxylation sites is 1. The second-order valence-corrected chi connectivity index (χ2v) is 8.77. The molecule has 0 aliphatic rings. The Morgan fingerprint density at radius 1 is 1.05 bits per heavy atom. The fourth-order valence-corrected chi connectivity index (χ4v) is 4.24. The van der Waals surface area contributed by atoms with Crippen molar-refractivity contribution in [2.75, 3.05) is 18.5 Å². The highest BCUT2D eigenvalue weighted by molar-refractivity contribution is 5.98. The molecular formula is C29H24FN5O4. The summed E-state index contributed by atoms with van der Waals surface area (Å²) < 4.78 is 20.5. The Labute approximate surface area is 222 Å². The minimum Gasteiger partial charge on any atom is -0.460 e. The Balaban J connectivity index is 1.46. The number of aliphatic hydroxyl groups is 1. The summed E-state index contributed by atoms with van der Waals surface area (Å²) in [6.45, 7) is 1.14. The predicted molar refractivity (Wildman–Crippen MR) is 143 cm³/mol. The summed E-state index contributed by atoms with van der Waals surface area (Å²) in [5.41, 5.74) is 4.57. The molecule has 0 aliphatic heterocycles. The number of aliphatic hydroxyl groups excluding tert-OH is 1. The van der Waals surface area contributed by atoms with Gasteiger partial charge in [-0.1, -0.05) is 24.3 Å². The van der Waals surface area contributed by atoms with Gasteiger partial charge in [-0.2, -0.15) is 5.10 Å². The number of halogens is 1. The number of pyridine rings is 2. The van der Waals surface area contributed by atoms with E-state index in [1.54, 1.807) is 12.4 Å². The summed E-state index contributed by atoms with van der Waals surface area (Å²) in [5, 5.41) is 17.1. The molecule has 196 valence electrons. The van der Waals surface area contributed by atoms with Crippen LogP contribution in [0.15, 0.2) is 79.1 Å². The highest BCUT2D eigenvalue weighted by atomic mass is 19.1. The van der Waals surface area contributed by atoms with Crippen LogP contribution in [0.3, 0.4) is 0 Å². The number of rotatable bonds is 8. The van der Waals surface area contributed by atoms with Crippen molar-refractivity contribution in [1.82, 2.24) is 19.7 Å². The highest BCUT2D eigenvalue weighted by Gasteiger charge is 2.19. The molecule has 9 nitrogen and oxygen atoms in total. The second kappa shape index (κ2) is 11.2. The van der Waals surface area contributed by atoms with Gasteiger partial charge in [0, 0.05) is 34.7 Å². The van der Waals surface area contributed by atoms with Crippen LogP contribution >= 0.6 is 0 Å². The molecule has 0 saturated heterocycles. The molecule has 0 bridgehead atoms. The first-order valence-corrected chi connectivity index (χ1v) is 12.2. The molecule has 5 aromatic rings. The zero-order valence-electron chi connectivity index (χ0n) is 21.0. The van der Waals surface area contributed by atoms with E-state index >= 15 is 0 Å². The van der Waals surface area contributed by atoms with E-state index in [0.717, 1.165) is 39.9 Å². The lowest BCUT2D eigenvalue weighted by atomic mass is 10.0. The van der Waals surface area contributed by atoms with Gasteiger partial charge < -0.3 is 15.2 Å². The number of hydrogen-bond acceptors (Lipinski definition) is 7. The van der Waals surface area contributed by atoms with Gasteiger partial charge in [0.2, 0.25) is 5.91 Å². The van der Waals surface area contributed by atoms with E-state index in [0.29, 0.717) is 11.4 Å². The van der Waals surface area contributed by atoms with Gasteiger partial charge in [-0.05, 0) is 55.0 Å². The summed E-state index contributed by atoms with van der Waals surface area (Å²) >= 11 is 0. The number of benzene rings is 2. The summed E-state index contributed by atoms with van der Waals surface area (Å²) in [6, 6.07) is 18.7. The number of esters is 1. The Kier molecular flexibility index (Phi) is 7.37. The maximum atomic E-state index is 14.1. The number of hydrogen-bond donors (Lipinski definition) is 2. The van der Waals surface area contributed by atoms with Gasteiger partial charge in [-0.25, -0.2) is 9.18 Å². The van der Waals surface area contributed by atoms with E-state index in [1.807, 2.05) is 55.5 Å². The zero-order valence-corrected chi connectivity index (χ0v) is 21.0. The Morgan fingerprint density at radius 2 is 1.90 bits per heavy atom. The van der Waals surface area contributed by atoms with E-state index in [1.165, 1.54) is 10.7 Å². The number of aromatic nitrogens is 4. The average molecular weight is 526 g/mol. The van der Waals surface area contributed by atoms with Crippen LogP contribution in [0, 0.1) is 12.7 Å². The summed E-state index contributed by atoms with van der Waals surface area (Å²) in [6.07, 6.45) is 3.49. The van der Waals surface area contributed by atoms with Gasteiger partial charge in [0.15, 0.2) is 0 Å². The van der Waals surface area contributed by atoms with E-state index in [-0.39, 0.29) is 31.0 Å². The standard InChI is InChI=1S/C29H24FN5O4/c1-18-5-4-8-26(32-18)28-24(22-9-10-31-25-7-3-2-6-23(22)25)16-35(34-28)17-27(37)33-21-14-19(13-20(30)15-21)29(38)39-12-11-36/h2-10,13-16,36H,11-12,17H2,1H3,(H,33,37). The van der Waals surface area contributed by atoms with Crippen LogP contribution in [0.4, 0.5) is 10.1 Å². The zero-order chi connectivity index (χ0) is 27.4. The lowest BCUT2D eigenvalue weighted by Gasteiger charge is -2.08. The van der Waals surface area contributed by atoms with E-state index in [9.17, 15) is 14.0 Å². The number of amides is 1. The van der Waals surface area contributed by atoms with Crippen LogP contribution < -0.4 is 5.32 Å². The first-order chi connectivity index (χ1) is 18.9. The van der Waals surface area contributed by atoms with Gasteiger partial charge in [0.05, 0.1) is 23.4 Å². The quantitative estimate of drug-likeness (QED) is 0.288. The Bertz CT molecular complexity index is 1680. The first-order valence-electron chi connectivity index (χ1n) is 12.2. The molecule has 3 aromatic heterocycles. The number of fused-ring (bicyclic) bond motifs is 1. The van der Waals surface area contributed by atoms with Crippen LogP contribution in [0.25, 0.3) is 33.4 Å². The normalized spacial score (nSPS) is 10.9. The predicted octanol–water partition coefficient (Wildman–Crippen LogP) is 4.40. The molecule has 0 saturated carbocycles. The largest absolute Gasteiger partial charge is 0.460 e. The third-order valence-electron chi connectivity index (χ3n) is 5.88. The van der Waals surface area contributed by atoms with E-state index < -0.39 is 17.7 Å². The number of anilines is 1. The van der Waals surface area contributed by atoms with Gasteiger partial charge in [0.1, 0.15) is 24.7 Å². The number of ether oxygens (including phenoxy) is 1. The second-order valence-electron chi connectivity index (χ2n) is 8.77. The Hall–Kier alpha value is -4.96. The van der Waals surface area contributed by atoms with Crippen molar-refractivity contribution >= 4 is 28.5 Å². The van der Waals surface area contributed by atoms with Crippen molar-refractivity contribution in [3.05, 3.63) is 96.2 Å². The lowest BCUT2D eigenvalue weighted by molar-refractivity contribution is -0.116. The number of carbonyl (C=O) groups is 2. The number of nitrogens with zero attached hydrogens (tertiary/aromatic N) is 4. The highest BCUT2D eigenvalue weighted by Crippen LogP contribution is 2.34. The molecule has 0 atom stereocenters. The van der Waals surface area contributed by atoms with Crippen molar-refractivity contribution in [2.45, 2.75) is 13.5 Å². The molecule has 2 aromatic carbocycles. The first kappa shape index (κ1) is 25.7. The fraction of sp³-hybridized carbons (Fsp3) is 0.138. The van der Waals surface area contributed by atoms with Gasteiger partial charge in [-0.15, -0.1) is 0 Å². The number of aryl methyl sites for hydroxylation is 1. The molecule has 0 aliphatic carbocycles. The topological polar surface area (TPSA) is 119 Å². The van der Waals surface area contributed by atoms with Crippen LogP contribution in [0.2, 0.25) is 0 Å². The molecule has 1 amide bonds. The maximum Gasteiger partial charge on any atom is 0.338 e. The Morgan fingerprint density at radius 3 is 2.72 bits per heavy atom.